The third kappa shape index (κ3) is 1.12. The fourth-order valence-corrected chi connectivity index (χ4v) is 3.42. The van der Waals surface area contributed by atoms with Crippen LogP contribution in [-0.4, -0.2) is 29.0 Å². The van der Waals surface area contributed by atoms with Crippen LogP contribution >= 0.6 is 0 Å². The summed E-state index contributed by atoms with van der Waals surface area (Å²) in [6, 6.07) is 5.24. The molecule has 4 atom stereocenters. The van der Waals surface area contributed by atoms with Gasteiger partial charge in [0.1, 0.15) is 5.82 Å². The number of carbonyl (C=O) groups excluding carboxylic acids is 2. The summed E-state index contributed by atoms with van der Waals surface area (Å²) in [6.45, 7) is 0. The van der Waals surface area contributed by atoms with E-state index in [4.69, 9.17) is 4.74 Å². The van der Waals surface area contributed by atoms with Gasteiger partial charge in [0.15, 0.2) is 0 Å². The van der Waals surface area contributed by atoms with Crippen LogP contribution in [-0.2, 0) is 14.3 Å². The lowest BCUT2D eigenvalue weighted by Crippen LogP contribution is -2.34. The molecule has 3 saturated heterocycles. The predicted molar refractivity (Wildman–Crippen MR) is 61.6 cm³/mol. The van der Waals surface area contributed by atoms with Gasteiger partial charge in [0.2, 0.25) is 11.8 Å². The number of hydrogen-bond donors (Lipinski definition) is 0. The van der Waals surface area contributed by atoms with Gasteiger partial charge >= 0.3 is 0 Å². The van der Waals surface area contributed by atoms with Crippen LogP contribution in [0.25, 0.3) is 0 Å². The molecular formula is C13H12N2O3. The third-order valence-electron chi connectivity index (χ3n) is 4.16. The molecule has 18 heavy (non-hydrogen) atoms. The highest BCUT2D eigenvalue weighted by atomic mass is 16.5. The zero-order valence-electron chi connectivity index (χ0n) is 9.65. The molecule has 3 aliphatic heterocycles. The molecule has 0 saturated carbocycles. The molecule has 2 amide bonds. The van der Waals surface area contributed by atoms with Gasteiger partial charge in [-0.2, -0.15) is 0 Å². The maximum absolute atomic E-state index is 12.4. The summed E-state index contributed by atoms with van der Waals surface area (Å²) in [5, 5.41) is 0. The van der Waals surface area contributed by atoms with Gasteiger partial charge in [0, 0.05) is 6.20 Å². The summed E-state index contributed by atoms with van der Waals surface area (Å²) < 4.78 is 5.68. The molecule has 0 N–H and O–H groups in total. The molecule has 2 bridgehead atoms. The molecule has 4 rings (SSSR count). The standard InChI is InChI=1S/C13H12N2O3/c16-12-10-7-4-5-8(18-7)11(10)13(17)15(12)9-3-1-2-6-14-9/h1-3,6-8,10-11H,4-5H2/t7-,8-,10+,11+/m1/s1. The smallest absolute Gasteiger partial charge is 0.241 e. The van der Waals surface area contributed by atoms with Crippen molar-refractivity contribution < 1.29 is 14.3 Å². The SMILES string of the molecule is O=C1[C@@H]2[C@@H](C(=O)N1c1ccccn1)[C@H]1CC[C@H]2O1. The summed E-state index contributed by atoms with van der Waals surface area (Å²) in [4.78, 5) is 30.1. The molecule has 1 aromatic rings. The molecule has 5 nitrogen and oxygen atoms in total. The van der Waals surface area contributed by atoms with Gasteiger partial charge in [-0.25, -0.2) is 9.88 Å². The summed E-state index contributed by atoms with van der Waals surface area (Å²) >= 11 is 0. The molecule has 0 aliphatic carbocycles. The van der Waals surface area contributed by atoms with Crippen LogP contribution in [0.4, 0.5) is 5.82 Å². The van der Waals surface area contributed by atoms with Crippen molar-refractivity contribution in [3.8, 4) is 0 Å². The summed E-state index contributed by atoms with van der Waals surface area (Å²) in [5.41, 5.74) is 0. The minimum atomic E-state index is -0.279. The predicted octanol–water partition coefficient (Wildman–Crippen LogP) is 0.748. The highest BCUT2D eigenvalue weighted by Crippen LogP contribution is 2.49. The van der Waals surface area contributed by atoms with Crippen LogP contribution in [0.2, 0.25) is 0 Å². The Morgan fingerprint density at radius 2 is 1.78 bits per heavy atom. The molecule has 0 aromatic carbocycles. The van der Waals surface area contributed by atoms with Crippen molar-refractivity contribution in [2.75, 3.05) is 4.90 Å². The summed E-state index contributed by atoms with van der Waals surface area (Å²) in [7, 11) is 0. The van der Waals surface area contributed by atoms with E-state index in [2.05, 4.69) is 4.98 Å². The van der Waals surface area contributed by atoms with Gasteiger partial charge in [0.05, 0.1) is 24.0 Å². The lowest BCUT2D eigenvalue weighted by Gasteiger charge is -2.15. The number of imide groups is 1. The largest absolute Gasteiger partial charge is 0.373 e. The van der Waals surface area contributed by atoms with Gasteiger partial charge in [-0.05, 0) is 25.0 Å². The van der Waals surface area contributed by atoms with Crippen LogP contribution in [0.5, 0.6) is 0 Å². The molecule has 92 valence electrons. The molecule has 4 heterocycles. The topological polar surface area (TPSA) is 59.5 Å². The van der Waals surface area contributed by atoms with Crippen LogP contribution in [0.1, 0.15) is 12.8 Å². The number of aromatic nitrogens is 1. The Balaban J connectivity index is 1.76. The second-order valence-corrected chi connectivity index (χ2v) is 5.04. The molecule has 1 aromatic heterocycles. The number of nitrogens with zero attached hydrogens (tertiary/aromatic N) is 2. The van der Waals surface area contributed by atoms with E-state index >= 15 is 0 Å². The molecule has 0 unspecified atom stereocenters. The Hall–Kier alpha value is -1.75. The molecular weight excluding hydrogens is 232 g/mol. The molecule has 3 fully saturated rings. The van der Waals surface area contributed by atoms with Crippen LogP contribution in [0, 0.1) is 11.8 Å². The van der Waals surface area contributed by atoms with Crippen molar-refractivity contribution in [3.05, 3.63) is 24.4 Å². The van der Waals surface area contributed by atoms with E-state index < -0.39 is 0 Å². The average molecular weight is 244 g/mol. The van der Waals surface area contributed by atoms with Crippen molar-refractivity contribution in [3.63, 3.8) is 0 Å². The lowest BCUT2D eigenvalue weighted by molar-refractivity contribution is -0.124. The Morgan fingerprint density at radius 1 is 1.11 bits per heavy atom. The molecule has 5 heteroatoms. The van der Waals surface area contributed by atoms with E-state index in [1.54, 1.807) is 24.4 Å². The number of fused-ring (bicyclic) bond motifs is 5. The second-order valence-electron chi connectivity index (χ2n) is 5.04. The zero-order chi connectivity index (χ0) is 12.3. The van der Waals surface area contributed by atoms with Crippen molar-refractivity contribution in [1.82, 2.24) is 4.98 Å². The Bertz CT molecular complexity index is 502. The van der Waals surface area contributed by atoms with Crippen LogP contribution < -0.4 is 4.90 Å². The maximum atomic E-state index is 12.4. The fraction of sp³-hybridized carbons (Fsp3) is 0.462. The van der Waals surface area contributed by atoms with Crippen molar-refractivity contribution in [2.24, 2.45) is 11.8 Å². The third-order valence-corrected chi connectivity index (χ3v) is 4.16. The van der Waals surface area contributed by atoms with E-state index in [1.165, 1.54) is 4.90 Å². The number of amides is 2. The first kappa shape index (κ1) is 10.2. The van der Waals surface area contributed by atoms with E-state index in [0.29, 0.717) is 5.82 Å². The first-order valence-corrected chi connectivity index (χ1v) is 6.21. The monoisotopic (exact) mass is 244 g/mol. The maximum Gasteiger partial charge on any atom is 0.241 e. The van der Waals surface area contributed by atoms with Gasteiger partial charge in [-0.15, -0.1) is 0 Å². The van der Waals surface area contributed by atoms with Gasteiger partial charge in [-0.3, -0.25) is 9.59 Å². The molecule has 0 radical (unpaired) electrons. The van der Waals surface area contributed by atoms with Crippen molar-refractivity contribution in [2.45, 2.75) is 25.0 Å². The van der Waals surface area contributed by atoms with Gasteiger partial charge in [-0.1, -0.05) is 6.07 Å². The normalized spacial score (nSPS) is 37.4. The number of carbonyl (C=O) groups is 2. The number of ether oxygens (including phenoxy) is 1. The average Bonchev–Trinajstić information content (AvgIpc) is 3.05. The number of pyridine rings is 1. The summed E-state index contributed by atoms with van der Waals surface area (Å²) in [6.07, 6.45) is 3.24. The van der Waals surface area contributed by atoms with E-state index in [1.807, 2.05) is 0 Å². The Morgan fingerprint density at radius 3 is 2.33 bits per heavy atom. The number of hydrogen-bond acceptors (Lipinski definition) is 4. The Labute approximate surface area is 104 Å². The summed E-state index contributed by atoms with van der Waals surface area (Å²) in [5.74, 6) is -0.412. The quantitative estimate of drug-likeness (QED) is 0.684. The first-order chi connectivity index (χ1) is 8.77. The Kier molecular flexibility index (Phi) is 1.92. The van der Waals surface area contributed by atoms with Gasteiger partial charge in [0.25, 0.3) is 0 Å². The van der Waals surface area contributed by atoms with Crippen molar-refractivity contribution >= 4 is 17.6 Å². The fourth-order valence-electron chi connectivity index (χ4n) is 3.42. The highest BCUT2D eigenvalue weighted by Gasteiger charge is 2.62. The van der Waals surface area contributed by atoms with E-state index in [0.717, 1.165) is 12.8 Å². The number of anilines is 1. The highest BCUT2D eigenvalue weighted by molar-refractivity contribution is 6.22. The lowest BCUT2D eigenvalue weighted by atomic mass is 9.81. The van der Waals surface area contributed by atoms with Gasteiger partial charge < -0.3 is 4.74 Å². The van der Waals surface area contributed by atoms with Crippen LogP contribution in [0.15, 0.2) is 24.4 Å². The molecule has 3 aliphatic rings. The first-order valence-electron chi connectivity index (χ1n) is 6.21. The van der Waals surface area contributed by atoms with Crippen LogP contribution in [0.3, 0.4) is 0 Å². The minimum absolute atomic E-state index is 0.0647. The van der Waals surface area contributed by atoms with E-state index in [9.17, 15) is 9.59 Å². The van der Waals surface area contributed by atoms with E-state index in [-0.39, 0.29) is 35.9 Å². The second kappa shape index (κ2) is 3.38. The van der Waals surface area contributed by atoms with Crippen molar-refractivity contribution in [1.29, 1.82) is 0 Å². The zero-order valence-corrected chi connectivity index (χ0v) is 9.65. The minimum Gasteiger partial charge on any atom is -0.373 e. The number of rotatable bonds is 1. The molecule has 0 spiro atoms.